The van der Waals surface area contributed by atoms with Crippen LogP contribution in [0.2, 0.25) is 0 Å². The molecule has 4 nitrogen and oxygen atoms in total. The van der Waals surface area contributed by atoms with Crippen molar-refractivity contribution >= 4 is 11.6 Å². The largest absolute Gasteiger partial charge is 0.396 e. The van der Waals surface area contributed by atoms with Gasteiger partial charge in [-0.05, 0) is 37.1 Å². The standard InChI is InChI=1S/C19H23FN2O2/c1-14(12-19(24)22-17-9-5-8-16(20)13-17)21-18(10-11-23)15-6-3-2-4-7-15/h2-9,13-14,18,21,23H,10-12H2,1H3,(H,22,24)/t14?,18-/m1/s1. The summed E-state index contributed by atoms with van der Waals surface area (Å²) in [4.78, 5) is 12.1. The van der Waals surface area contributed by atoms with Crippen LogP contribution in [0.5, 0.6) is 0 Å². The fraction of sp³-hybridized carbons (Fsp3) is 0.316. The number of anilines is 1. The third-order valence-corrected chi connectivity index (χ3v) is 3.71. The predicted octanol–water partition coefficient (Wildman–Crippen LogP) is 3.26. The Balaban J connectivity index is 1.90. The SMILES string of the molecule is CC(CC(=O)Nc1cccc(F)c1)N[C@H](CCO)c1ccccc1. The van der Waals surface area contributed by atoms with E-state index in [9.17, 15) is 14.3 Å². The summed E-state index contributed by atoms with van der Waals surface area (Å²) >= 11 is 0. The lowest BCUT2D eigenvalue weighted by atomic mass is 10.0. The van der Waals surface area contributed by atoms with Gasteiger partial charge in [-0.2, -0.15) is 0 Å². The van der Waals surface area contributed by atoms with E-state index in [-0.39, 0.29) is 36.8 Å². The average molecular weight is 330 g/mol. The van der Waals surface area contributed by atoms with Crippen molar-refractivity contribution in [3.63, 3.8) is 0 Å². The first kappa shape index (κ1) is 18.1. The summed E-state index contributed by atoms with van der Waals surface area (Å²) in [6.45, 7) is 1.98. The molecule has 2 aromatic rings. The summed E-state index contributed by atoms with van der Waals surface area (Å²) in [5.41, 5.74) is 1.52. The van der Waals surface area contributed by atoms with Gasteiger partial charge in [0, 0.05) is 30.8 Å². The highest BCUT2D eigenvalue weighted by Crippen LogP contribution is 2.17. The van der Waals surface area contributed by atoms with Gasteiger partial charge in [-0.3, -0.25) is 4.79 Å². The number of aliphatic hydroxyl groups is 1. The summed E-state index contributed by atoms with van der Waals surface area (Å²) < 4.78 is 13.1. The molecule has 0 bridgehead atoms. The van der Waals surface area contributed by atoms with Crippen molar-refractivity contribution in [3.05, 3.63) is 66.0 Å². The van der Waals surface area contributed by atoms with Crippen molar-refractivity contribution in [1.82, 2.24) is 5.32 Å². The number of carbonyl (C=O) groups is 1. The van der Waals surface area contributed by atoms with Gasteiger partial charge in [0.15, 0.2) is 0 Å². The van der Waals surface area contributed by atoms with Gasteiger partial charge < -0.3 is 15.7 Å². The number of nitrogens with one attached hydrogen (secondary N) is 2. The Morgan fingerprint density at radius 1 is 1.17 bits per heavy atom. The molecule has 1 amide bonds. The van der Waals surface area contributed by atoms with Crippen LogP contribution in [0.1, 0.15) is 31.4 Å². The Morgan fingerprint density at radius 2 is 1.92 bits per heavy atom. The molecule has 3 N–H and O–H groups in total. The molecular weight excluding hydrogens is 307 g/mol. The second kappa shape index (κ2) is 9.15. The fourth-order valence-corrected chi connectivity index (χ4v) is 2.62. The van der Waals surface area contributed by atoms with Crippen LogP contribution >= 0.6 is 0 Å². The van der Waals surface area contributed by atoms with E-state index in [2.05, 4.69) is 10.6 Å². The zero-order valence-electron chi connectivity index (χ0n) is 13.7. The fourth-order valence-electron chi connectivity index (χ4n) is 2.62. The number of amides is 1. The molecule has 0 heterocycles. The average Bonchev–Trinajstić information content (AvgIpc) is 2.55. The van der Waals surface area contributed by atoms with Crippen LogP contribution in [0.4, 0.5) is 10.1 Å². The number of hydrogen-bond acceptors (Lipinski definition) is 3. The lowest BCUT2D eigenvalue weighted by Gasteiger charge is -2.23. The maximum Gasteiger partial charge on any atom is 0.225 e. The normalized spacial score (nSPS) is 13.3. The van der Waals surface area contributed by atoms with Gasteiger partial charge in [0.05, 0.1) is 0 Å². The first-order valence-corrected chi connectivity index (χ1v) is 8.05. The smallest absolute Gasteiger partial charge is 0.225 e. The minimum absolute atomic E-state index is 0.0202. The number of rotatable bonds is 8. The van der Waals surface area contributed by atoms with Crippen LogP contribution in [-0.4, -0.2) is 23.7 Å². The summed E-state index contributed by atoms with van der Waals surface area (Å²) in [7, 11) is 0. The molecular formula is C19H23FN2O2. The van der Waals surface area contributed by atoms with Crippen molar-refractivity contribution in [2.75, 3.05) is 11.9 Å². The van der Waals surface area contributed by atoms with E-state index in [1.54, 1.807) is 12.1 Å². The molecule has 0 fully saturated rings. The molecule has 0 spiro atoms. The number of aliphatic hydroxyl groups excluding tert-OH is 1. The predicted molar refractivity (Wildman–Crippen MR) is 93.1 cm³/mol. The molecule has 0 saturated carbocycles. The van der Waals surface area contributed by atoms with Gasteiger partial charge in [0.1, 0.15) is 5.82 Å². The highest BCUT2D eigenvalue weighted by molar-refractivity contribution is 5.91. The molecule has 0 aliphatic rings. The summed E-state index contributed by atoms with van der Waals surface area (Å²) in [6.07, 6.45) is 0.825. The Kier molecular flexibility index (Phi) is 6.90. The molecule has 2 atom stereocenters. The van der Waals surface area contributed by atoms with Crippen molar-refractivity contribution in [2.45, 2.75) is 31.8 Å². The quantitative estimate of drug-likeness (QED) is 0.696. The molecule has 128 valence electrons. The van der Waals surface area contributed by atoms with Gasteiger partial charge in [-0.15, -0.1) is 0 Å². The van der Waals surface area contributed by atoms with E-state index in [1.807, 2.05) is 37.3 Å². The first-order chi connectivity index (χ1) is 11.6. The van der Waals surface area contributed by atoms with Crippen LogP contribution in [0.3, 0.4) is 0 Å². The lowest BCUT2D eigenvalue weighted by molar-refractivity contribution is -0.116. The molecule has 0 radical (unpaired) electrons. The third kappa shape index (κ3) is 5.76. The summed E-state index contributed by atoms with van der Waals surface area (Å²) in [5.74, 6) is -0.567. The molecule has 5 heteroatoms. The van der Waals surface area contributed by atoms with E-state index in [0.29, 0.717) is 12.1 Å². The molecule has 2 aromatic carbocycles. The van der Waals surface area contributed by atoms with E-state index >= 15 is 0 Å². The minimum atomic E-state index is -0.383. The maximum atomic E-state index is 13.1. The van der Waals surface area contributed by atoms with Gasteiger partial charge >= 0.3 is 0 Å². The molecule has 0 aliphatic carbocycles. The lowest BCUT2D eigenvalue weighted by Crippen LogP contribution is -2.34. The van der Waals surface area contributed by atoms with E-state index in [4.69, 9.17) is 0 Å². The Morgan fingerprint density at radius 3 is 2.58 bits per heavy atom. The minimum Gasteiger partial charge on any atom is -0.396 e. The zero-order chi connectivity index (χ0) is 17.4. The zero-order valence-corrected chi connectivity index (χ0v) is 13.7. The number of carbonyl (C=O) groups excluding carboxylic acids is 1. The molecule has 0 saturated heterocycles. The molecule has 1 unspecified atom stereocenters. The monoisotopic (exact) mass is 330 g/mol. The van der Waals surface area contributed by atoms with Crippen molar-refractivity contribution in [1.29, 1.82) is 0 Å². The van der Waals surface area contributed by atoms with Gasteiger partial charge in [-0.25, -0.2) is 4.39 Å². The van der Waals surface area contributed by atoms with Crippen LogP contribution < -0.4 is 10.6 Å². The molecule has 24 heavy (non-hydrogen) atoms. The number of benzene rings is 2. The third-order valence-electron chi connectivity index (χ3n) is 3.71. The van der Waals surface area contributed by atoms with Crippen molar-refractivity contribution in [2.24, 2.45) is 0 Å². The van der Waals surface area contributed by atoms with E-state index in [0.717, 1.165) is 5.56 Å². The number of hydrogen-bond donors (Lipinski definition) is 3. The Bertz CT molecular complexity index is 649. The highest BCUT2D eigenvalue weighted by atomic mass is 19.1. The van der Waals surface area contributed by atoms with Crippen molar-refractivity contribution in [3.8, 4) is 0 Å². The van der Waals surface area contributed by atoms with Gasteiger partial charge in [-0.1, -0.05) is 36.4 Å². The van der Waals surface area contributed by atoms with Gasteiger partial charge in [0.25, 0.3) is 0 Å². The van der Waals surface area contributed by atoms with Crippen molar-refractivity contribution < 1.29 is 14.3 Å². The topological polar surface area (TPSA) is 61.4 Å². The molecule has 0 aliphatic heterocycles. The number of halogens is 1. The molecule has 0 aromatic heterocycles. The summed E-state index contributed by atoms with van der Waals surface area (Å²) in [5, 5.41) is 15.3. The Hall–Kier alpha value is -2.24. The summed E-state index contributed by atoms with van der Waals surface area (Å²) in [6, 6.07) is 15.5. The van der Waals surface area contributed by atoms with Crippen LogP contribution in [0.15, 0.2) is 54.6 Å². The second-order valence-electron chi connectivity index (χ2n) is 5.81. The second-order valence-corrected chi connectivity index (χ2v) is 5.81. The van der Waals surface area contributed by atoms with E-state index in [1.165, 1.54) is 12.1 Å². The van der Waals surface area contributed by atoms with Crippen LogP contribution in [0, 0.1) is 5.82 Å². The van der Waals surface area contributed by atoms with Gasteiger partial charge in [0.2, 0.25) is 5.91 Å². The Labute approximate surface area is 141 Å². The molecule has 2 rings (SSSR count). The van der Waals surface area contributed by atoms with E-state index < -0.39 is 0 Å². The van der Waals surface area contributed by atoms with Crippen LogP contribution in [0.25, 0.3) is 0 Å². The maximum absolute atomic E-state index is 13.1. The van der Waals surface area contributed by atoms with Crippen LogP contribution in [-0.2, 0) is 4.79 Å². The highest BCUT2D eigenvalue weighted by Gasteiger charge is 2.16. The first-order valence-electron chi connectivity index (χ1n) is 8.05.